The van der Waals surface area contributed by atoms with Crippen LogP contribution in [0, 0.1) is 0 Å². The van der Waals surface area contributed by atoms with E-state index in [1.165, 1.54) is 12.1 Å². The molecular formula is C23H20F3NO2. The van der Waals surface area contributed by atoms with Crippen molar-refractivity contribution in [2.75, 3.05) is 0 Å². The number of amides is 1. The fourth-order valence-electron chi connectivity index (χ4n) is 3.13. The second kappa shape index (κ2) is 8.82. The van der Waals surface area contributed by atoms with Gasteiger partial charge in [-0.15, -0.1) is 13.2 Å². The van der Waals surface area contributed by atoms with Crippen molar-refractivity contribution in [2.45, 2.75) is 25.6 Å². The van der Waals surface area contributed by atoms with Gasteiger partial charge in [0.05, 0.1) is 0 Å². The summed E-state index contributed by atoms with van der Waals surface area (Å²) in [7, 11) is 0. The topological polar surface area (TPSA) is 52.3 Å². The van der Waals surface area contributed by atoms with E-state index >= 15 is 0 Å². The number of alkyl halides is 3. The van der Waals surface area contributed by atoms with Crippen LogP contribution in [-0.2, 0) is 12.8 Å². The zero-order chi connectivity index (χ0) is 20.9. The summed E-state index contributed by atoms with van der Waals surface area (Å²) in [6.07, 6.45) is -2.80. The van der Waals surface area contributed by atoms with Gasteiger partial charge in [0.2, 0.25) is 5.91 Å². The Labute approximate surface area is 166 Å². The van der Waals surface area contributed by atoms with Crippen LogP contribution in [0.4, 0.5) is 13.2 Å². The Hall–Kier alpha value is -3.28. The summed E-state index contributed by atoms with van der Waals surface area (Å²) in [6, 6.07) is 21.2. The molecule has 0 aliphatic heterocycles. The molecular weight excluding hydrogens is 379 g/mol. The lowest BCUT2D eigenvalue weighted by molar-refractivity contribution is -0.274. The first kappa shape index (κ1) is 20.5. The monoisotopic (exact) mass is 399 g/mol. The molecule has 3 aromatic carbocycles. The maximum Gasteiger partial charge on any atom is 0.573 e. The average molecular weight is 399 g/mol. The predicted octanol–water partition coefficient (Wildman–Crippen LogP) is 5.53. The van der Waals surface area contributed by atoms with Gasteiger partial charge in [-0.1, -0.05) is 54.6 Å². The second-order valence-corrected chi connectivity index (χ2v) is 6.65. The van der Waals surface area contributed by atoms with E-state index in [1.54, 1.807) is 30.3 Å². The Kier molecular flexibility index (Phi) is 6.22. The van der Waals surface area contributed by atoms with E-state index in [-0.39, 0.29) is 5.75 Å². The molecule has 2 N–H and O–H groups in total. The normalized spacial score (nSPS) is 11.3. The fourth-order valence-corrected chi connectivity index (χ4v) is 3.13. The van der Waals surface area contributed by atoms with Crippen molar-refractivity contribution in [2.24, 2.45) is 5.73 Å². The van der Waals surface area contributed by atoms with E-state index in [0.29, 0.717) is 24.0 Å². The third-order valence-corrected chi connectivity index (χ3v) is 4.54. The summed E-state index contributed by atoms with van der Waals surface area (Å²) in [5, 5.41) is 0. The van der Waals surface area contributed by atoms with Gasteiger partial charge in [0.1, 0.15) is 5.75 Å². The van der Waals surface area contributed by atoms with Gasteiger partial charge in [0, 0.05) is 5.56 Å². The van der Waals surface area contributed by atoms with Gasteiger partial charge in [-0.2, -0.15) is 0 Å². The Morgan fingerprint density at radius 1 is 0.862 bits per heavy atom. The number of benzene rings is 3. The number of carbonyl (C=O) groups excluding carboxylic acids is 1. The number of ether oxygens (including phenoxy) is 1. The molecule has 0 unspecified atom stereocenters. The molecule has 0 saturated carbocycles. The molecule has 0 bridgehead atoms. The zero-order valence-corrected chi connectivity index (χ0v) is 15.6. The molecule has 29 heavy (non-hydrogen) atoms. The van der Waals surface area contributed by atoms with Crippen LogP contribution >= 0.6 is 0 Å². The first-order valence-corrected chi connectivity index (χ1v) is 9.15. The quantitative estimate of drug-likeness (QED) is 0.568. The predicted molar refractivity (Wildman–Crippen MR) is 106 cm³/mol. The highest BCUT2D eigenvalue weighted by Gasteiger charge is 2.31. The third-order valence-electron chi connectivity index (χ3n) is 4.54. The van der Waals surface area contributed by atoms with Crippen molar-refractivity contribution in [1.82, 2.24) is 0 Å². The summed E-state index contributed by atoms with van der Waals surface area (Å²) >= 11 is 0. The van der Waals surface area contributed by atoms with E-state index < -0.39 is 12.3 Å². The van der Waals surface area contributed by atoms with Crippen LogP contribution in [0.15, 0.2) is 72.8 Å². The molecule has 0 fully saturated rings. The van der Waals surface area contributed by atoms with Crippen LogP contribution in [0.3, 0.4) is 0 Å². The highest BCUT2D eigenvalue weighted by Crippen LogP contribution is 2.27. The number of primary amides is 1. The number of carbonyl (C=O) groups is 1. The molecule has 6 heteroatoms. The van der Waals surface area contributed by atoms with Gasteiger partial charge in [-0.3, -0.25) is 4.79 Å². The average Bonchev–Trinajstić information content (AvgIpc) is 2.69. The maximum atomic E-state index is 12.5. The molecule has 0 heterocycles. The number of halogens is 3. The van der Waals surface area contributed by atoms with Crippen LogP contribution in [0.1, 0.15) is 27.9 Å². The lowest BCUT2D eigenvalue weighted by Crippen LogP contribution is -2.18. The van der Waals surface area contributed by atoms with E-state index in [2.05, 4.69) is 4.74 Å². The molecule has 0 aliphatic carbocycles. The van der Waals surface area contributed by atoms with Gasteiger partial charge in [-0.05, 0) is 59.7 Å². The minimum Gasteiger partial charge on any atom is -0.406 e. The highest BCUT2D eigenvalue weighted by molar-refractivity contribution is 5.94. The molecule has 0 saturated heterocycles. The molecule has 3 aromatic rings. The Bertz CT molecular complexity index is 982. The van der Waals surface area contributed by atoms with Gasteiger partial charge in [-0.25, -0.2) is 0 Å². The van der Waals surface area contributed by atoms with Gasteiger partial charge in [0.25, 0.3) is 0 Å². The lowest BCUT2D eigenvalue weighted by atomic mass is 9.99. The summed E-state index contributed by atoms with van der Waals surface area (Å²) < 4.78 is 41.6. The molecule has 0 spiro atoms. The van der Waals surface area contributed by atoms with Gasteiger partial charge in [0.15, 0.2) is 0 Å². The van der Waals surface area contributed by atoms with Crippen molar-refractivity contribution < 1.29 is 22.7 Å². The summed E-state index contributed by atoms with van der Waals surface area (Å²) in [4.78, 5) is 11.3. The molecule has 0 atom stereocenters. The lowest BCUT2D eigenvalue weighted by Gasteiger charge is -2.13. The maximum absolute atomic E-state index is 12.5. The highest BCUT2D eigenvalue weighted by atomic mass is 19.4. The van der Waals surface area contributed by atoms with Crippen molar-refractivity contribution in [3.8, 4) is 16.9 Å². The van der Waals surface area contributed by atoms with E-state index in [4.69, 9.17) is 5.73 Å². The van der Waals surface area contributed by atoms with E-state index in [0.717, 1.165) is 23.1 Å². The van der Waals surface area contributed by atoms with Gasteiger partial charge >= 0.3 is 6.36 Å². The number of hydrogen-bond donors (Lipinski definition) is 1. The number of nitrogens with two attached hydrogens (primary N) is 1. The summed E-state index contributed by atoms with van der Waals surface area (Å²) in [5.41, 5.74) is 9.24. The molecule has 3 rings (SSSR count). The van der Waals surface area contributed by atoms with Crippen molar-refractivity contribution in [3.05, 3.63) is 89.5 Å². The Balaban J connectivity index is 1.62. The van der Waals surface area contributed by atoms with Crippen LogP contribution < -0.4 is 10.5 Å². The van der Waals surface area contributed by atoms with Crippen LogP contribution in [0.25, 0.3) is 11.1 Å². The smallest absolute Gasteiger partial charge is 0.406 e. The SMILES string of the molecule is NC(=O)c1cccc(-c2ccc(CCCc3ccccc3OC(F)(F)F)cc2)c1. The fraction of sp³-hybridized carbons (Fsp3) is 0.174. The van der Waals surface area contributed by atoms with Crippen LogP contribution in [0.2, 0.25) is 0 Å². The molecule has 0 aliphatic rings. The molecule has 0 radical (unpaired) electrons. The van der Waals surface area contributed by atoms with E-state index in [1.807, 2.05) is 30.3 Å². The molecule has 3 nitrogen and oxygen atoms in total. The minimum absolute atomic E-state index is 0.148. The Morgan fingerprint density at radius 3 is 2.28 bits per heavy atom. The summed E-state index contributed by atoms with van der Waals surface area (Å²) in [6.45, 7) is 0. The second-order valence-electron chi connectivity index (χ2n) is 6.65. The molecule has 1 amide bonds. The Morgan fingerprint density at radius 2 is 1.59 bits per heavy atom. The van der Waals surface area contributed by atoms with Crippen LogP contribution in [0.5, 0.6) is 5.75 Å². The number of aryl methyl sites for hydroxylation is 2. The molecule has 0 aromatic heterocycles. The largest absolute Gasteiger partial charge is 0.573 e. The summed E-state index contributed by atoms with van der Waals surface area (Å²) in [5.74, 6) is -0.622. The first-order chi connectivity index (χ1) is 13.8. The minimum atomic E-state index is -4.70. The molecule has 150 valence electrons. The third kappa shape index (κ3) is 5.85. The number of para-hydroxylation sites is 1. The van der Waals surface area contributed by atoms with Gasteiger partial charge < -0.3 is 10.5 Å². The van der Waals surface area contributed by atoms with E-state index in [9.17, 15) is 18.0 Å². The van der Waals surface area contributed by atoms with Crippen molar-refractivity contribution >= 4 is 5.91 Å². The first-order valence-electron chi connectivity index (χ1n) is 9.15. The van der Waals surface area contributed by atoms with Crippen molar-refractivity contribution in [1.29, 1.82) is 0 Å². The standard InChI is InChI=1S/C23H20F3NO2/c24-23(25,26)29-21-10-2-1-6-18(21)7-3-5-16-11-13-17(14-12-16)19-8-4-9-20(15-19)22(27)28/h1-2,4,6,8-15H,3,5,7H2,(H2,27,28). The number of rotatable bonds is 7. The number of hydrogen-bond acceptors (Lipinski definition) is 2. The van der Waals surface area contributed by atoms with Crippen LogP contribution in [-0.4, -0.2) is 12.3 Å². The zero-order valence-electron chi connectivity index (χ0n) is 15.6. The van der Waals surface area contributed by atoms with Crippen molar-refractivity contribution in [3.63, 3.8) is 0 Å².